The summed E-state index contributed by atoms with van der Waals surface area (Å²) in [4.78, 5) is 11.0. The first-order chi connectivity index (χ1) is 15.3. The van der Waals surface area contributed by atoms with E-state index in [0.717, 1.165) is 17.2 Å². The predicted molar refractivity (Wildman–Crippen MR) is 116 cm³/mol. The number of carbonyl (C=O) groups is 1. The number of benzene rings is 3. The summed E-state index contributed by atoms with van der Waals surface area (Å²) in [6, 6.07) is 19.3. The number of hydrogen-bond acceptors (Lipinski definition) is 2. The zero-order valence-corrected chi connectivity index (χ0v) is 17.3. The second-order valence-corrected chi connectivity index (χ2v) is 7.15. The largest absolute Gasteiger partial charge is 0.489 e. The molecule has 0 amide bonds. The van der Waals surface area contributed by atoms with Gasteiger partial charge in [-0.2, -0.15) is 13.2 Å². The Morgan fingerprint density at radius 2 is 1.75 bits per heavy atom. The van der Waals surface area contributed by atoms with Gasteiger partial charge >= 0.3 is 12.1 Å². The van der Waals surface area contributed by atoms with Crippen molar-refractivity contribution < 1.29 is 27.8 Å². The summed E-state index contributed by atoms with van der Waals surface area (Å²) in [6.45, 7) is 1.84. The van der Waals surface area contributed by atoms with Crippen molar-refractivity contribution in [1.82, 2.24) is 0 Å². The molecule has 1 unspecified atom stereocenters. The van der Waals surface area contributed by atoms with Crippen LogP contribution in [-0.4, -0.2) is 11.1 Å². The van der Waals surface area contributed by atoms with Crippen molar-refractivity contribution in [3.63, 3.8) is 0 Å². The summed E-state index contributed by atoms with van der Waals surface area (Å²) in [5.41, 5.74) is 1.40. The van der Waals surface area contributed by atoms with Crippen molar-refractivity contribution in [1.29, 1.82) is 0 Å². The van der Waals surface area contributed by atoms with E-state index in [2.05, 4.69) is 11.8 Å². The molecule has 0 spiro atoms. The summed E-state index contributed by atoms with van der Waals surface area (Å²) >= 11 is 0. The Balaban J connectivity index is 1.74. The number of ether oxygens (including phenoxy) is 1. The van der Waals surface area contributed by atoms with Gasteiger partial charge in [-0.3, -0.25) is 4.79 Å². The third-order valence-electron chi connectivity index (χ3n) is 4.86. The predicted octanol–water partition coefficient (Wildman–Crippen LogP) is 6.53. The van der Waals surface area contributed by atoms with Crippen molar-refractivity contribution in [3.05, 3.63) is 89.5 Å². The molecule has 0 aromatic heterocycles. The van der Waals surface area contributed by atoms with Crippen LogP contribution in [0.1, 0.15) is 36.0 Å². The Labute approximate surface area is 184 Å². The first-order valence-electron chi connectivity index (χ1n) is 9.90. The Bertz CT molecular complexity index is 1140. The van der Waals surface area contributed by atoms with Crippen LogP contribution in [0.3, 0.4) is 0 Å². The smallest absolute Gasteiger partial charge is 0.417 e. The maximum Gasteiger partial charge on any atom is 0.417 e. The summed E-state index contributed by atoms with van der Waals surface area (Å²) in [7, 11) is 0. The van der Waals surface area contributed by atoms with E-state index in [4.69, 9.17) is 9.84 Å². The molecule has 32 heavy (non-hydrogen) atoms. The van der Waals surface area contributed by atoms with Crippen molar-refractivity contribution in [2.75, 3.05) is 0 Å². The highest BCUT2D eigenvalue weighted by Gasteiger charge is 2.33. The van der Waals surface area contributed by atoms with Crippen molar-refractivity contribution in [2.24, 2.45) is 0 Å². The van der Waals surface area contributed by atoms with Crippen LogP contribution in [0.15, 0.2) is 72.8 Å². The van der Waals surface area contributed by atoms with Gasteiger partial charge in [0.05, 0.1) is 17.9 Å². The fourth-order valence-corrected chi connectivity index (χ4v) is 3.37. The van der Waals surface area contributed by atoms with Crippen LogP contribution in [0.2, 0.25) is 0 Å². The van der Waals surface area contributed by atoms with Gasteiger partial charge in [0.25, 0.3) is 0 Å². The molecule has 0 aliphatic rings. The third kappa shape index (κ3) is 5.92. The van der Waals surface area contributed by atoms with Gasteiger partial charge in [0.1, 0.15) is 12.4 Å². The highest BCUT2D eigenvalue weighted by Crippen LogP contribution is 2.37. The third-order valence-corrected chi connectivity index (χ3v) is 4.86. The lowest BCUT2D eigenvalue weighted by Gasteiger charge is -2.14. The van der Waals surface area contributed by atoms with Gasteiger partial charge in [0.2, 0.25) is 0 Å². The molecule has 0 saturated carbocycles. The summed E-state index contributed by atoms with van der Waals surface area (Å²) < 4.78 is 45.8. The molecule has 164 valence electrons. The van der Waals surface area contributed by atoms with E-state index >= 15 is 0 Å². The molecule has 3 aromatic rings. The highest BCUT2D eigenvalue weighted by atomic mass is 19.4. The Morgan fingerprint density at radius 1 is 1.03 bits per heavy atom. The van der Waals surface area contributed by atoms with E-state index in [-0.39, 0.29) is 18.6 Å². The van der Waals surface area contributed by atoms with Gasteiger partial charge in [-0.05, 0) is 53.4 Å². The fourth-order valence-electron chi connectivity index (χ4n) is 3.37. The average molecular weight is 438 g/mol. The van der Waals surface area contributed by atoms with Crippen molar-refractivity contribution >= 4 is 5.97 Å². The zero-order chi connectivity index (χ0) is 23.1. The molecule has 0 saturated heterocycles. The molecule has 0 aliphatic heterocycles. The Morgan fingerprint density at radius 3 is 2.41 bits per heavy atom. The number of alkyl halides is 3. The van der Waals surface area contributed by atoms with Crippen LogP contribution in [0.25, 0.3) is 11.1 Å². The lowest BCUT2D eigenvalue weighted by Crippen LogP contribution is -2.07. The first kappa shape index (κ1) is 23.0. The number of carboxylic acid groups (broad SMARTS) is 1. The van der Waals surface area contributed by atoms with Gasteiger partial charge in [-0.1, -0.05) is 54.5 Å². The topological polar surface area (TPSA) is 46.5 Å². The molecule has 3 rings (SSSR count). The molecule has 3 aromatic carbocycles. The molecule has 0 fully saturated rings. The minimum absolute atomic E-state index is 0.0900. The summed E-state index contributed by atoms with van der Waals surface area (Å²) in [5.74, 6) is 4.87. The quantitative estimate of drug-likeness (QED) is 0.427. The van der Waals surface area contributed by atoms with E-state index in [9.17, 15) is 18.0 Å². The maximum atomic E-state index is 13.3. The first-order valence-corrected chi connectivity index (χ1v) is 9.90. The second-order valence-electron chi connectivity index (χ2n) is 7.15. The highest BCUT2D eigenvalue weighted by molar-refractivity contribution is 5.69. The van der Waals surface area contributed by atoms with Crippen molar-refractivity contribution in [2.45, 2.75) is 32.0 Å². The van der Waals surface area contributed by atoms with E-state index < -0.39 is 23.6 Å². The van der Waals surface area contributed by atoms with Crippen molar-refractivity contribution in [3.8, 4) is 28.7 Å². The molecule has 0 aliphatic carbocycles. The summed E-state index contributed by atoms with van der Waals surface area (Å²) in [5, 5.41) is 9.05. The van der Waals surface area contributed by atoms with Gasteiger partial charge in [0.15, 0.2) is 0 Å². The van der Waals surface area contributed by atoms with E-state index in [1.807, 2.05) is 0 Å². The number of aliphatic carboxylic acids is 1. The minimum Gasteiger partial charge on any atom is -0.489 e. The molecular formula is C26H21F3O3. The van der Waals surface area contributed by atoms with Crippen LogP contribution in [0.4, 0.5) is 13.2 Å². The van der Waals surface area contributed by atoms with Gasteiger partial charge in [-0.15, -0.1) is 5.92 Å². The molecular weight excluding hydrogens is 417 g/mol. The van der Waals surface area contributed by atoms with Gasteiger partial charge in [0, 0.05) is 0 Å². The Kier molecular flexibility index (Phi) is 7.21. The van der Waals surface area contributed by atoms with Crippen LogP contribution in [0, 0.1) is 11.8 Å². The van der Waals surface area contributed by atoms with Gasteiger partial charge in [-0.25, -0.2) is 0 Å². The number of rotatable bonds is 7. The SMILES string of the molecule is CC#CC(CC(=O)O)c1ccc(OCc2cccc(-c3ccccc3C(F)(F)F)c2)cc1. The average Bonchev–Trinajstić information content (AvgIpc) is 2.77. The molecule has 0 radical (unpaired) electrons. The molecule has 1 N–H and O–H groups in total. The van der Waals surface area contributed by atoms with Crippen LogP contribution in [0.5, 0.6) is 5.75 Å². The normalized spacial score (nSPS) is 11.9. The van der Waals surface area contributed by atoms with E-state index in [1.165, 1.54) is 12.1 Å². The number of halogens is 3. The molecule has 3 nitrogen and oxygen atoms in total. The molecule has 1 atom stereocenters. The minimum atomic E-state index is -4.44. The van der Waals surface area contributed by atoms with E-state index in [0.29, 0.717) is 11.3 Å². The molecule has 0 bridgehead atoms. The van der Waals surface area contributed by atoms with Crippen LogP contribution < -0.4 is 4.74 Å². The zero-order valence-electron chi connectivity index (χ0n) is 17.3. The van der Waals surface area contributed by atoms with E-state index in [1.54, 1.807) is 61.5 Å². The Hall–Kier alpha value is -3.72. The number of hydrogen-bond donors (Lipinski definition) is 1. The fraction of sp³-hybridized carbons (Fsp3) is 0.192. The molecule has 0 heterocycles. The van der Waals surface area contributed by atoms with Crippen LogP contribution in [-0.2, 0) is 17.6 Å². The lowest BCUT2D eigenvalue weighted by atomic mass is 9.96. The number of carboxylic acids is 1. The standard InChI is InChI=1S/C26H21F3O3/c1-2-6-20(16-25(30)31)19-11-13-22(14-12-19)32-17-18-7-5-8-21(15-18)23-9-3-4-10-24(23)26(27,28)29/h3-5,7-15,20H,16-17H2,1H3,(H,30,31). The maximum absolute atomic E-state index is 13.3. The van der Waals surface area contributed by atoms with Gasteiger partial charge < -0.3 is 9.84 Å². The summed E-state index contributed by atoms with van der Waals surface area (Å²) in [6.07, 6.45) is -4.53. The second kappa shape index (κ2) is 10.1. The van der Waals surface area contributed by atoms with Crippen LogP contribution >= 0.6 is 0 Å². The molecule has 6 heteroatoms. The monoisotopic (exact) mass is 438 g/mol. The lowest BCUT2D eigenvalue weighted by molar-refractivity contribution is -0.138.